The first-order valence-corrected chi connectivity index (χ1v) is 12.0. The number of hydrogen-bond donors (Lipinski definition) is 0. The van der Waals surface area contributed by atoms with Gasteiger partial charge in [-0.25, -0.2) is 4.39 Å². The van der Waals surface area contributed by atoms with Crippen molar-refractivity contribution in [1.29, 1.82) is 0 Å². The zero-order valence-electron chi connectivity index (χ0n) is 20.1. The molecule has 1 saturated heterocycles. The van der Waals surface area contributed by atoms with Crippen LogP contribution < -0.4 is 0 Å². The van der Waals surface area contributed by atoms with E-state index in [4.69, 9.17) is 23.2 Å². The van der Waals surface area contributed by atoms with Crippen molar-refractivity contribution in [3.05, 3.63) is 69.0 Å². The Morgan fingerprint density at radius 2 is 1.69 bits per heavy atom. The van der Waals surface area contributed by atoms with Crippen molar-refractivity contribution in [2.75, 3.05) is 34.2 Å². The van der Waals surface area contributed by atoms with Crippen molar-refractivity contribution in [2.24, 2.45) is 0 Å². The summed E-state index contributed by atoms with van der Waals surface area (Å²) in [7, 11) is 5.02. The Morgan fingerprint density at radius 1 is 1.00 bits per heavy atom. The van der Waals surface area contributed by atoms with Gasteiger partial charge in [0.2, 0.25) is 11.8 Å². The van der Waals surface area contributed by atoms with E-state index in [9.17, 15) is 27.2 Å². The monoisotopic (exact) mass is 547 g/mol. The zero-order valence-corrected chi connectivity index (χ0v) is 21.6. The highest BCUT2D eigenvalue weighted by Crippen LogP contribution is 2.36. The van der Waals surface area contributed by atoms with E-state index in [1.807, 2.05) is 11.0 Å². The first-order valence-electron chi connectivity index (χ1n) is 11.3. The Hall–Kier alpha value is -2.36. The first kappa shape index (κ1) is 28.2. The van der Waals surface area contributed by atoms with Gasteiger partial charge in [-0.3, -0.25) is 14.5 Å². The Morgan fingerprint density at radius 3 is 2.28 bits per heavy atom. The van der Waals surface area contributed by atoms with Crippen LogP contribution in [0, 0.1) is 5.82 Å². The van der Waals surface area contributed by atoms with Gasteiger partial charge in [-0.2, -0.15) is 13.2 Å². The fourth-order valence-electron chi connectivity index (χ4n) is 4.40. The number of likely N-dealkylation sites (tertiary alicyclic amines) is 1. The minimum absolute atomic E-state index is 0.0612. The van der Waals surface area contributed by atoms with Crippen LogP contribution in [-0.2, 0) is 22.3 Å². The van der Waals surface area contributed by atoms with Gasteiger partial charge in [-0.1, -0.05) is 35.3 Å². The molecule has 5 nitrogen and oxygen atoms in total. The number of alkyl halides is 3. The lowest BCUT2D eigenvalue weighted by molar-refractivity contribution is -0.140. The van der Waals surface area contributed by atoms with Gasteiger partial charge in [-0.05, 0) is 42.4 Å². The molecule has 196 valence electrons. The second-order valence-electron chi connectivity index (χ2n) is 9.16. The van der Waals surface area contributed by atoms with E-state index >= 15 is 0 Å². The lowest BCUT2D eigenvalue weighted by Gasteiger charge is -2.29. The number of amides is 2. The second-order valence-corrected chi connectivity index (χ2v) is 9.98. The van der Waals surface area contributed by atoms with Crippen molar-refractivity contribution < 1.29 is 27.2 Å². The summed E-state index contributed by atoms with van der Waals surface area (Å²) in [6.07, 6.45) is -4.62. The van der Waals surface area contributed by atoms with Gasteiger partial charge in [0.25, 0.3) is 0 Å². The van der Waals surface area contributed by atoms with Crippen LogP contribution in [0.5, 0.6) is 0 Å². The van der Waals surface area contributed by atoms with Crippen molar-refractivity contribution in [3.8, 4) is 0 Å². The summed E-state index contributed by atoms with van der Waals surface area (Å²) in [5, 5.41) is 0.750. The molecule has 11 heteroatoms. The summed E-state index contributed by atoms with van der Waals surface area (Å²) < 4.78 is 52.9. The third-order valence-corrected chi connectivity index (χ3v) is 7.14. The lowest BCUT2D eigenvalue weighted by Crippen LogP contribution is -2.38. The third-order valence-electron chi connectivity index (χ3n) is 6.40. The number of hydrogen-bond acceptors (Lipinski definition) is 3. The Bertz CT molecular complexity index is 1130. The van der Waals surface area contributed by atoms with E-state index in [2.05, 4.69) is 0 Å². The molecule has 2 aromatic carbocycles. The molecule has 0 aliphatic carbocycles. The van der Waals surface area contributed by atoms with E-state index in [1.54, 1.807) is 38.2 Å². The maximum atomic E-state index is 14.1. The number of halogens is 6. The highest BCUT2D eigenvalue weighted by molar-refractivity contribution is 6.42. The Kier molecular flexibility index (Phi) is 8.90. The predicted molar refractivity (Wildman–Crippen MR) is 130 cm³/mol. The Labute approximate surface area is 217 Å². The van der Waals surface area contributed by atoms with Crippen LogP contribution in [0.25, 0.3) is 0 Å². The molecule has 0 bridgehead atoms. The number of rotatable bonds is 7. The molecule has 0 spiro atoms. The highest BCUT2D eigenvalue weighted by atomic mass is 35.5. The number of likely N-dealkylation sites (N-methyl/N-ethyl adjacent to an activating group) is 1. The van der Waals surface area contributed by atoms with Crippen LogP contribution in [0.3, 0.4) is 0 Å². The molecular formula is C25H27Cl2F4N3O2. The minimum atomic E-state index is -4.77. The number of benzene rings is 2. The SMILES string of the molecule is CN(C)C(=O)CCC(=O)N1C[C@H](c2ccc(Cl)c(Cl)c2)[C@@H](N(C)Cc2ccc(C(F)(F)F)c(F)c2)C1. The molecule has 1 heterocycles. The van der Waals surface area contributed by atoms with Crippen LogP contribution in [0.2, 0.25) is 10.0 Å². The number of carbonyl (C=O) groups excluding carboxylic acids is 2. The summed E-state index contributed by atoms with van der Waals surface area (Å²) >= 11 is 12.3. The molecule has 0 radical (unpaired) electrons. The quantitative estimate of drug-likeness (QED) is 0.433. The summed E-state index contributed by atoms with van der Waals surface area (Å²) in [6.45, 7) is 0.863. The van der Waals surface area contributed by atoms with Crippen LogP contribution in [0.1, 0.15) is 35.4 Å². The van der Waals surface area contributed by atoms with Gasteiger partial charge in [0, 0.05) is 58.5 Å². The van der Waals surface area contributed by atoms with Gasteiger partial charge in [-0.15, -0.1) is 0 Å². The second kappa shape index (κ2) is 11.4. The molecule has 36 heavy (non-hydrogen) atoms. The van der Waals surface area contributed by atoms with E-state index in [1.165, 1.54) is 11.0 Å². The molecule has 0 aromatic heterocycles. The standard InChI is InChI=1S/C25H27Cl2F4N3O2/c1-32(2)23(35)8-9-24(36)34-13-17(16-5-7-19(26)20(27)11-16)22(14-34)33(3)12-15-4-6-18(21(28)10-15)25(29,30)31/h4-7,10-11,17,22H,8-9,12-14H2,1-3H3/t17-,22+/m1/s1. The van der Waals surface area contributed by atoms with E-state index in [0.29, 0.717) is 28.7 Å². The molecule has 2 aromatic rings. The molecule has 0 unspecified atom stereocenters. The zero-order chi connectivity index (χ0) is 26.8. The van der Waals surface area contributed by atoms with Gasteiger partial charge < -0.3 is 9.80 Å². The van der Waals surface area contributed by atoms with Crippen LogP contribution >= 0.6 is 23.2 Å². The fourth-order valence-corrected chi connectivity index (χ4v) is 4.70. The number of carbonyl (C=O) groups is 2. The molecule has 0 saturated carbocycles. The average molecular weight is 548 g/mol. The Balaban J connectivity index is 1.82. The van der Waals surface area contributed by atoms with Gasteiger partial charge in [0.15, 0.2) is 0 Å². The topological polar surface area (TPSA) is 43.9 Å². The van der Waals surface area contributed by atoms with Crippen molar-refractivity contribution >= 4 is 35.0 Å². The maximum absolute atomic E-state index is 14.1. The normalized spacial score (nSPS) is 18.1. The highest BCUT2D eigenvalue weighted by Gasteiger charge is 2.39. The van der Waals surface area contributed by atoms with Gasteiger partial charge >= 0.3 is 6.18 Å². The predicted octanol–water partition coefficient (Wildman–Crippen LogP) is 5.45. The van der Waals surface area contributed by atoms with Crippen molar-refractivity contribution in [1.82, 2.24) is 14.7 Å². The molecular weight excluding hydrogens is 521 g/mol. The molecule has 0 N–H and O–H groups in total. The molecule has 3 rings (SSSR count). The molecule has 1 fully saturated rings. The average Bonchev–Trinajstić information content (AvgIpc) is 3.24. The molecule has 1 aliphatic rings. The van der Waals surface area contributed by atoms with Gasteiger partial charge in [0.05, 0.1) is 15.6 Å². The van der Waals surface area contributed by atoms with Crippen LogP contribution in [0.15, 0.2) is 36.4 Å². The molecule has 1 aliphatic heterocycles. The van der Waals surface area contributed by atoms with E-state index < -0.39 is 17.6 Å². The smallest absolute Gasteiger partial charge is 0.349 e. The lowest BCUT2D eigenvalue weighted by atomic mass is 9.93. The van der Waals surface area contributed by atoms with Crippen LogP contribution in [0.4, 0.5) is 17.6 Å². The van der Waals surface area contributed by atoms with Crippen molar-refractivity contribution in [3.63, 3.8) is 0 Å². The van der Waals surface area contributed by atoms with Crippen LogP contribution in [-0.4, -0.2) is 66.8 Å². The molecule has 2 amide bonds. The summed E-state index contributed by atoms with van der Waals surface area (Å²) in [5.74, 6) is -1.84. The maximum Gasteiger partial charge on any atom is 0.419 e. The van der Waals surface area contributed by atoms with E-state index in [0.717, 1.165) is 17.7 Å². The fraction of sp³-hybridized carbons (Fsp3) is 0.440. The largest absolute Gasteiger partial charge is 0.419 e. The molecule has 2 atom stereocenters. The number of nitrogens with zero attached hydrogens (tertiary/aromatic N) is 3. The van der Waals surface area contributed by atoms with E-state index in [-0.39, 0.29) is 43.2 Å². The van der Waals surface area contributed by atoms with Gasteiger partial charge in [0.1, 0.15) is 5.82 Å². The summed E-state index contributed by atoms with van der Waals surface area (Å²) in [4.78, 5) is 29.8. The minimum Gasteiger partial charge on any atom is -0.349 e. The summed E-state index contributed by atoms with van der Waals surface area (Å²) in [6, 6.07) is 7.86. The first-order chi connectivity index (χ1) is 16.8. The van der Waals surface area contributed by atoms with Crippen molar-refractivity contribution in [2.45, 2.75) is 37.5 Å². The third kappa shape index (κ3) is 6.69. The summed E-state index contributed by atoms with van der Waals surface area (Å²) in [5.41, 5.74) is -0.0933.